The van der Waals surface area contributed by atoms with Crippen molar-refractivity contribution in [3.63, 3.8) is 0 Å². The van der Waals surface area contributed by atoms with Gasteiger partial charge in [-0.15, -0.1) is 0 Å². The van der Waals surface area contributed by atoms with Crippen molar-refractivity contribution in [2.75, 3.05) is 6.61 Å². The summed E-state index contributed by atoms with van der Waals surface area (Å²) in [5.74, 6) is 0. The summed E-state index contributed by atoms with van der Waals surface area (Å²) in [5.41, 5.74) is 0. The minimum absolute atomic E-state index is 0.232. The van der Waals surface area contributed by atoms with Gasteiger partial charge >= 0.3 is 7.82 Å². The van der Waals surface area contributed by atoms with Crippen LogP contribution in [0.15, 0.2) is 0 Å². The molecule has 0 aromatic carbocycles. The number of hydrogen-bond acceptors (Lipinski definition) is 3. The molecular formula is C3H8O6P+. The van der Waals surface area contributed by atoms with E-state index < -0.39 is 20.5 Å². The van der Waals surface area contributed by atoms with Crippen LogP contribution in [0.5, 0.6) is 0 Å². The summed E-state index contributed by atoms with van der Waals surface area (Å²) >= 11 is 0. The first kappa shape index (κ1) is 9.74. The highest BCUT2D eigenvalue weighted by atomic mass is 31.2. The molecule has 0 spiro atoms. The minimum Gasteiger partial charge on any atom is -0.436 e. The van der Waals surface area contributed by atoms with Crippen molar-refractivity contribution >= 4 is 14.1 Å². The Balaban J connectivity index is 3.55. The molecule has 1 atom stereocenters. The van der Waals surface area contributed by atoms with Crippen LogP contribution in [0.2, 0.25) is 0 Å². The van der Waals surface area contributed by atoms with Gasteiger partial charge in [-0.3, -0.25) is 9.32 Å². The lowest BCUT2D eigenvalue weighted by atomic mass is 10.4. The Morgan fingerprint density at radius 3 is 2.50 bits per heavy atom. The van der Waals surface area contributed by atoms with Crippen molar-refractivity contribution in [1.82, 2.24) is 0 Å². The van der Waals surface area contributed by atoms with Crippen LogP contribution in [0.1, 0.15) is 0 Å². The number of aldehydes is 1. The molecule has 0 aliphatic heterocycles. The van der Waals surface area contributed by atoms with E-state index in [1.54, 1.807) is 0 Å². The summed E-state index contributed by atoms with van der Waals surface area (Å²) < 4.78 is 13.8. The maximum atomic E-state index is 9.92. The van der Waals surface area contributed by atoms with Crippen molar-refractivity contribution in [2.24, 2.45) is 0 Å². The van der Waals surface area contributed by atoms with Gasteiger partial charge in [0.1, 0.15) is 6.61 Å². The van der Waals surface area contributed by atoms with Crippen LogP contribution in [0.4, 0.5) is 0 Å². The van der Waals surface area contributed by atoms with Crippen molar-refractivity contribution in [2.45, 2.75) is 6.10 Å². The van der Waals surface area contributed by atoms with Gasteiger partial charge in [-0.25, -0.2) is 4.57 Å². The highest BCUT2D eigenvalue weighted by Crippen LogP contribution is 2.35. The van der Waals surface area contributed by atoms with E-state index >= 15 is 0 Å². The summed E-state index contributed by atoms with van der Waals surface area (Å²) in [6.07, 6.45) is -0.997. The van der Waals surface area contributed by atoms with Gasteiger partial charge in [0.25, 0.3) is 0 Å². The van der Waals surface area contributed by atoms with Crippen molar-refractivity contribution < 1.29 is 28.8 Å². The van der Waals surface area contributed by atoms with Crippen LogP contribution < -0.4 is 0 Å². The standard InChI is InChI=1S/C3H7O6P/c4-1-3(5)2-9-10(6,7)8/h1,3,5H,2H2,(H2,6,7,8)/p+1. The molecule has 0 aromatic rings. The summed E-state index contributed by atoms with van der Waals surface area (Å²) in [5, 5.41) is 6.66. The second-order valence-corrected chi connectivity index (χ2v) is 2.77. The average Bonchev–Trinajstić information content (AvgIpc) is 1.81. The highest BCUT2D eigenvalue weighted by Gasteiger charge is 2.17. The van der Waals surface area contributed by atoms with Crippen LogP contribution in [0, 0.1) is 0 Å². The molecule has 0 radical (unpaired) electrons. The SMILES string of the molecule is O=CC([OH2+])COP(=O)(O)O. The van der Waals surface area contributed by atoms with Gasteiger partial charge in [0.15, 0.2) is 0 Å². The zero-order valence-corrected chi connectivity index (χ0v) is 5.82. The lowest BCUT2D eigenvalue weighted by Gasteiger charge is -2.02. The molecule has 0 bridgehead atoms. The largest absolute Gasteiger partial charge is 0.469 e. The maximum absolute atomic E-state index is 9.92. The molecule has 0 aromatic heterocycles. The van der Waals surface area contributed by atoms with Crippen molar-refractivity contribution in [3.8, 4) is 0 Å². The predicted molar refractivity (Wildman–Crippen MR) is 31.5 cm³/mol. The summed E-state index contributed by atoms with van der Waals surface area (Å²) in [4.78, 5) is 25.8. The predicted octanol–water partition coefficient (Wildman–Crippen LogP) is -1.61. The van der Waals surface area contributed by atoms with Gasteiger partial charge in [0.05, 0.1) is 0 Å². The first-order chi connectivity index (χ1) is 4.45. The number of phosphoric ester groups is 1. The fourth-order valence-electron chi connectivity index (χ4n) is 0.217. The summed E-state index contributed by atoms with van der Waals surface area (Å²) in [6.45, 7) is -0.576. The minimum atomic E-state index is -4.51. The number of hydrogen-bond donors (Lipinski definition) is 2. The molecule has 6 nitrogen and oxygen atoms in total. The third-order valence-electron chi connectivity index (χ3n) is 0.587. The maximum Gasteiger partial charge on any atom is 0.469 e. The molecule has 0 amide bonds. The fraction of sp³-hybridized carbons (Fsp3) is 0.667. The molecule has 0 aliphatic carbocycles. The fourth-order valence-corrected chi connectivity index (χ4v) is 0.571. The Labute approximate surface area is 56.7 Å². The molecule has 0 saturated heterocycles. The molecule has 10 heavy (non-hydrogen) atoms. The van der Waals surface area contributed by atoms with E-state index in [1.807, 2.05) is 0 Å². The van der Waals surface area contributed by atoms with Gasteiger partial charge in [-0.05, 0) is 0 Å². The van der Waals surface area contributed by atoms with E-state index in [1.165, 1.54) is 0 Å². The molecule has 1 unspecified atom stereocenters. The third kappa shape index (κ3) is 5.87. The molecule has 0 rings (SSSR count). The topological polar surface area (TPSA) is 107 Å². The Morgan fingerprint density at radius 2 is 2.20 bits per heavy atom. The van der Waals surface area contributed by atoms with Crippen LogP contribution in [0.3, 0.4) is 0 Å². The van der Waals surface area contributed by atoms with Gasteiger partial charge in [-0.2, -0.15) is 0 Å². The van der Waals surface area contributed by atoms with E-state index in [2.05, 4.69) is 4.52 Å². The van der Waals surface area contributed by atoms with Crippen molar-refractivity contribution in [3.05, 3.63) is 0 Å². The van der Waals surface area contributed by atoms with E-state index in [-0.39, 0.29) is 6.29 Å². The molecular weight excluding hydrogens is 163 g/mol. The van der Waals surface area contributed by atoms with Gasteiger partial charge in [-0.1, -0.05) is 0 Å². The Kier molecular flexibility index (Phi) is 3.70. The average molecular weight is 171 g/mol. The monoisotopic (exact) mass is 171 g/mol. The van der Waals surface area contributed by atoms with E-state index in [9.17, 15) is 9.36 Å². The van der Waals surface area contributed by atoms with Gasteiger partial charge < -0.3 is 14.9 Å². The van der Waals surface area contributed by atoms with Gasteiger partial charge in [0.2, 0.25) is 12.4 Å². The normalized spacial score (nSPS) is 14.7. The first-order valence-electron chi connectivity index (χ1n) is 2.32. The second-order valence-electron chi connectivity index (χ2n) is 1.53. The van der Waals surface area contributed by atoms with Crippen LogP contribution in [-0.4, -0.2) is 33.9 Å². The lowest BCUT2D eigenvalue weighted by Crippen LogP contribution is -2.15. The second kappa shape index (κ2) is 3.80. The Morgan fingerprint density at radius 1 is 1.70 bits per heavy atom. The summed E-state index contributed by atoms with van der Waals surface area (Å²) in [7, 11) is -4.51. The van der Waals surface area contributed by atoms with Crippen molar-refractivity contribution in [1.29, 1.82) is 0 Å². The van der Waals surface area contributed by atoms with E-state index in [0.29, 0.717) is 0 Å². The van der Waals surface area contributed by atoms with Crippen LogP contribution in [0.25, 0.3) is 0 Å². The Bertz CT molecular complexity index is 149. The van der Waals surface area contributed by atoms with Crippen LogP contribution >= 0.6 is 7.82 Å². The molecule has 7 heteroatoms. The number of rotatable bonds is 4. The van der Waals surface area contributed by atoms with Gasteiger partial charge in [0, 0.05) is 0 Å². The smallest absolute Gasteiger partial charge is 0.436 e. The number of carbonyl (C=O) groups excluding carboxylic acids is 1. The molecule has 60 valence electrons. The number of phosphoric acid groups is 1. The molecule has 0 saturated carbocycles. The van der Waals surface area contributed by atoms with E-state index in [0.717, 1.165) is 0 Å². The third-order valence-corrected chi connectivity index (χ3v) is 1.07. The Hall–Kier alpha value is -0.260. The highest BCUT2D eigenvalue weighted by molar-refractivity contribution is 7.46. The zero-order chi connectivity index (χ0) is 8.20. The van der Waals surface area contributed by atoms with Crippen LogP contribution in [-0.2, 0) is 13.9 Å². The van der Waals surface area contributed by atoms with E-state index in [4.69, 9.17) is 14.9 Å². The first-order valence-corrected chi connectivity index (χ1v) is 3.85. The summed E-state index contributed by atoms with van der Waals surface area (Å²) in [6, 6.07) is 0. The number of carbonyl (C=O) groups is 1. The quantitative estimate of drug-likeness (QED) is 0.300. The molecule has 0 heterocycles. The molecule has 0 fully saturated rings. The molecule has 0 aliphatic rings. The lowest BCUT2D eigenvalue weighted by molar-refractivity contribution is -0.116. The molecule has 4 N–H and O–H groups in total. The zero-order valence-electron chi connectivity index (χ0n) is 4.93.